The van der Waals surface area contributed by atoms with Gasteiger partial charge in [-0.1, -0.05) is 0 Å². The lowest BCUT2D eigenvalue weighted by Gasteiger charge is -1.65. The van der Waals surface area contributed by atoms with E-state index < -0.39 is 6.68 Å². The molecule has 0 saturated heterocycles. The highest BCUT2D eigenvalue weighted by Crippen LogP contribution is 1.87. The molecule has 34 valence electrons. The molecule has 5 heavy (non-hydrogen) atoms. The van der Waals surface area contributed by atoms with Crippen molar-refractivity contribution in [2.75, 3.05) is 0 Å². The van der Waals surface area contributed by atoms with E-state index in [1.807, 2.05) is 0 Å². The number of hydrogen-bond acceptors (Lipinski definition) is 0. The van der Waals surface area contributed by atoms with Gasteiger partial charge in [0, 0.05) is 0 Å². The SMILES string of the molecule is FC(F)F.[F-]. The van der Waals surface area contributed by atoms with E-state index in [0.29, 0.717) is 0 Å². The average molecular weight is 89.0 g/mol. The molecule has 0 aliphatic carbocycles. The maximum absolute atomic E-state index is 9.67. The molecule has 0 aliphatic rings. The molecule has 0 saturated carbocycles. The maximum atomic E-state index is 9.67. The van der Waals surface area contributed by atoms with Crippen molar-refractivity contribution in [2.24, 2.45) is 0 Å². The first-order valence-electron chi connectivity index (χ1n) is 0.655. The summed E-state index contributed by atoms with van der Waals surface area (Å²) in [4.78, 5) is 0. The minimum absolute atomic E-state index is 0. The van der Waals surface area contributed by atoms with Gasteiger partial charge in [0.25, 0.3) is 0 Å². The van der Waals surface area contributed by atoms with Crippen LogP contribution in [0.15, 0.2) is 0 Å². The molecule has 0 radical (unpaired) electrons. The molecule has 4 heteroatoms. The van der Waals surface area contributed by atoms with Crippen LogP contribution in [-0.4, -0.2) is 6.68 Å². The normalized spacial score (nSPS) is 7.20. The van der Waals surface area contributed by atoms with E-state index in [1.165, 1.54) is 0 Å². The van der Waals surface area contributed by atoms with E-state index in [2.05, 4.69) is 0 Å². The summed E-state index contributed by atoms with van der Waals surface area (Å²) in [6.45, 7) is -3.67. The molecule has 0 rings (SSSR count). The van der Waals surface area contributed by atoms with Crippen LogP contribution in [0.3, 0.4) is 0 Å². The van der Waals surface area contributed by atoms with Gasteiger partial charge in [-0.15, -0.1) is 0 Å². The second kappa shape index (κ2) is 3.72. The fraction of sp³-hybridized carbons (Fsp3) is 1.00. The topological polar surface area (TPSA) is 0 Å². The summed E-state index contributed by atoms with van der Waals surface area (Å²) in [7, 11) is 0. The van der Waals surface area contributed by atoms with Crippen LogP contribution in [-0.2, 0) is 0 Å². The van der Waals surface area contributed by atoms with Crippen molar-refractivity contribution in [2.45, 2.75) is 6.68 Å². The maximum Gasteiger partial charge on any atom is 0.379 e. The van der Waals surface area contributed by atoms with Gasteiger partial charge in [0.15, 0.2) is 0 Å². The molecule has 0 aromatic heterocycles. The highest BCUT2D eigenvalue weighted by atomic mass is 19.4. The number of hydrogen-bond donors (Lipinski definition) is 0. The monoisotopic (exact) mass is 89.0 g/mol. The highest BCUT2D eigenvalue weighted by molar-refractivity contribution is 3.83. The van der Waals surface area contributed by atoms with E-state index >= 15 is 0 Å². The Morgan fingerprint density at radius 3 is 1.00 bits per heavy atom. The van der Waals surface area contributed by atoms with E-state index in [1.54, 1.807) is 0 Å². The van der Waals surface area contributed by atoms with Crippen LogP contribution in [0.25, 0.3) is 0 Å². The summed E-state index contributed by atoms with van der Waals surface area (Å²) in [5.41, 5.74) is 0. The van der Waals surface area contributed by atoms with E-state index in [9.17, 15) is 13.2 Å². The summed E-state index contributed by atoms with van der Waals surface area (Å²) in [6, 6.07) is 0. The molecule has 0 atom stereocenters. The van der Waals surface area contributed by atoms with Crippen LogP contribution < -0.4 is 4.70 Å². The second-order valence-electron chi connectivity index (χ2n) is 0.247. The van der Waals surface area contributed by atoms with E-state index in [-0.39, 0.29) is 4.70 Å². The Balaban J connectivity index is 0. The highest BCUT2D eigenvalue weighted by Gasteiger charge is 1.86. The van der Waals surface area contributed by atoms with Crippen molar-refractivity contribution in [3.05, 3.63) is 0 Å². The first kappa shape index (κ1) is 8.83. The predicted molar refractivity (Wildman–Crippen MR) is 7.11 cm³/mol. The third-order valence-corrected chi connectivity index (χ3v) is 0. The molecule has 0 unspecified atom stereocenters. The lowest BCUT2D eigenvalue weighted by molar-refractivity contribution is -0.000104. The molecule has 0 fully saturated rings. The van der Waals surface area contributed by atoms with Gasteiger partial charge in [0.2, 0.25) is 0 Å². The van der Waals surface area contributed by atoms with Crippen molar-refractivity contribution in [1.82, 2.24) is 0 Å². The Morgan fingerprint density at radius 2 is 1.00 bits per heavy atom. The first-order chi connectivity index (χ1) is 1.73. The first-order valence-corrected chi connectivity index (χ1v) is 0.655. The average Bonchev–Trinajstić information content (AvgIpc) is 0.811. The molecule has 0 bridgehead atoms. The quantitative estimate of drug-likeness (QED) is 0.307. The lowest BCUT2D eigenvalue weighted by atomic mass is 11.6. The van der Waals surface area contributed by atoms with Crippen molar-refractivity contribution >= 4 is 0 Å². The molecular formula is CHF4-. The Morgan fingerprint density at radius 1 is 1.00 bits per heavy atom. The fourth-order valence-corrected chi connectivity index (χ4v) is 0. The summed E-state index contributed by atoms with van der Waals surface area (Å²) in [5, 5.41) is 0. The Kier molecular flexibility index (Phi) is 6.57. The third-order valence-electron chi connectivity index (χ3n) is 0. The van der Waals surface area contributed by atoms with Gasteiger partial charge >= 0.3 is 6.68 Å². The Hall–Kier alpha value is -0.280. The Bertz CT molecular complexity index is 8.36. The van der Waals surface area contributed by atoms with Crippen LogP contribution >= 0.6 is 0 Å². The summed E-state index contributed by atoms with van der Waals surface area (Å²) in [6.07, 6.45) is 0. The largest absolute Gasteiger partial charge is 1.00 e. The van der Waals surface area contributed by atoms with Crippen LogP contribution in [0.4, 0.5) is 13.2 Å². The molecule has 0 amide bonds. The summed E-state index contributed by atoms with van der Waals surface area (Å²) >= 11 is 0. The predicted octanol–water partition coefficient (Wildman–Crippen LogP) is -1.82. The fourth-order valence-electron chi connectivity index (χ4n) is 0. The van der Waals surface area contributed by atoms with Gasteiger partial charge in [-0.05, 0) is 0 Å². The molecule has 0 spiro atoms. The van der Waals surface area contributed by atoms with E-state index in [4.69, 9.17) is 0 Å². The molecule has 0 heterocycles. The van der Waals surface area contributed by atoms with Crippen LogP contribution in [0.2, 0.25) is 0 Å². The smallest absolute Gasteiger partial charge is 0.379 e. The van der Waals surface area contributed by atoms with Gasteiger partial charge in [-0.2, -0.15) is 13.2 Å². The van der Waals surface area contributed by atoms with Gasteiger partial charge in [-0.25, -0.2) is 0 Å². The third kappa shape index (κ3) is 140. The van der Waals surface area contributed by atoms with Gasteiger partial charge in [0.1, 0.15) is 0 Å². The van der Waals surface area contributed by atoms with Gasteiger partial charge in [-0.3, -0.25) is 0 Å². The van der Waals surface area contributed by atoms with Crippen molar-refractivity contribution in [3.8, 4) is 0 Å². The minimum atomic E-state index is -3.67. The summed E-state index contributed by atoms with van der Waals surface area (Å²) in [5.74, 6) is 0. The molecule has 0 aromatic carbocycles. The molecule has 0 aliphatic heterocycles. The van der Waals surface area contributed by atoms with Crippen molar-refractivity contribution in [1.29, 1.82) is 0 Å². The molecular weight excluding hydrogens is 88.0 g/mol. The molecule has 0 N–H and O–H groups in total. The van der Waals surface area contributed by atoms with Crippen LogP contribution in [0, 0.1) is 0 Å². The zero-order chi connectivity index (χ0) is 3.58. The van der Waals surface area contributed by atoms with Gasteiger partial charge in [0.05, 0.1) is 0 Å². The zero-order valence-corrected chi connectivity index (χ0v) is 2.09. The summed E-state index contributed by atoms with van der Waals surface area (Å²) < 4.78 is 29.0. The van der Waals surface area contributed by atoms with Crippen LogP contribution in [0.1, 0.15) is 0 Å². The lowest BCUT2D eigenvalue weighted by Crippen LogP contribution is -3.00. The zero-order valence-electron chi connectivity index (χ0n) is 2.09. The minimum Gasteiger partial charge on any atom is -1.00 e. The molecule has 0 aromatic rings. The van der Waals surface area contributed by atoms with Gasteiger partial charge < -0.3 is 4.70 Å². The molecule has 0 nitrogen and oxygen atoms in total. The second-order valence-corrected chi connectivity index (χ2v) is 0.247. The number of alkyl halides is 3. The number of halogens is 4. The van der Waals surface area contributed by atoms with Crippen molar-refractivity contribution in [3.63, 3.8) is 0 Å². The number of rotatable bonds is 0. The Labute approximate surface area is 26.0 Å². The van der Waals surface area contributed by atoms with Crippen LogP contribution in [0.5, 0.6) is 0 Å². The standard InChI is InChI=1S/CHF3.FH/c2-1(3)4;/h1H;1H/p-1. The van der Waals surface area contributed by atoms with Crippen molar-refractivity contribution < 1.29 is 17.9 Å². The van der Waals surface area contributed by atoms with E-state index in [0.717, 1.165) is 0 Å².